The molecule has 2 aromatic rings. The summed E-state index contributed by atoms with van der Waals surface area (Å²) >= 11 is 0. The van der Waals surface area contributed by atoms with Crippen molar-refractivity contribution in [2.75, 3.05) is 13.1 Å². The smallest absolute Gasteiger partial charge is 0.251 e. The normalized spacial score (nSPS) is 16.0. The first kappa shape index (κ1) is 13.9. The molecule has 1 aliphatic rings. The molecule has 1 aromatic heterocycles. The van der Waals surface area contributed by atoms with E-state index in [2.05, 4.69) is 15.3 Å². The van der Waals surface area contributed by atoms with Crippen molar-refractivity contribution in [3.8, 4) is 0 Å². The quantitative estimate of drug-likeness (QED) is 0.907. The van der Waals surface area contributed by atoms with Crippen LogP contribution in [0.2, 0.25) is 0 Å². The van der Waals surface area contributed by atoms with Crippen molar-refractivity contribution in [3.05, 3.63) is 63.6 Å². The molecule has 0 radical (unpaired) electrons. The molecule has 0 spiro atoms. The molecule has 5 heteroatoms. The number of piperidine rings is 1. The Hall–Kier alpha value is -2.01. The number of hydrogen-bond acceptors (Lipinski definition) is 3. The van der Waals surface area contributed by atoms with Crippen LogP contribution in [-0.4, -0.2) is 23.1 Å². The van der Waals surface area contributed by atoms with Crippen molar-refractivity contribution in [3.63, 3.8) is 0 Å². The second-order valence-electron chi connectivity index (χ2n) is 5.44. The van der Waals surface area contributed by atoms with Crippen LogP contribution in [0.1, 0.15) is 35.8 Å². The predicted octanol–water partition coefficient (Wildman–Crippen LogP) is 1.97. The second-order valence-corrected chi connectivity index (χ2v) is 5.44. The summed E-state index contributed by atoms with van der Waals surface area (Å²) in [4.78, 5) is 19.2. The molecule has 2 heterocycles. The minimum absolute atomic E-state index is 0.115. The number of H-pyrrole nitrogens is 1. The van der Waals surface area contributed by atoms with Crippen LogP contribution in [0.5, 0.6) is 0 Å². The predicted molar refractivity (Wildman–Crippen MR) is 78.9 cm³/mol. The van der Waals surface area contributed by atoms with Crippen molar-refractivity contribution in [1.82, 2.24) is 15.3 Å². The van der Waals surface area contributed by atoms with E-state index >= 15 is 0 Å². The lowest BCUT2D eigenvalue weighted by Crippen LogP contribution is -2.28. The summed E-state index contributed by atoms with van der Waals surface area (Å²) in [7, 11) is 0. The molecule has 1 saturated heterocycles. The summed E-state index contributed by atoms with van der Waals surface area (Å²) in [6.45, 7) is 1.93. The molecule has 110 valence electrons. The number of rotatable bonds is 3. The van der Waals surface area contributed by atoms with Gasteiger partial charge in [-0.1, -0.05) is 12.1 Å². The molecule has 2 N–H and O–H groups in total. The van der Waals surface area contributed by atoms with Gasteiger partial charge in [0.15, 0.2) is 0 Å². The van der Waals surface area contributed by atoms with Gasteiger partial charge < -0.3 is 10.3 Å². The van der Waals surface area contributed by atoms with Crippen LogP contribution in [-0.2, 0) is 6.42 Å². The van der Waals surface area contributed by atoms with Crippen LogP contribution in [0, 0.1) is 5.82 Å². The molecule has 0 atom stereocenters. The lowest BCUT2D eigenvalue weighted by Gasteiger charge is -2.22. The van der Waals surface area contributed by atoms with Crippen LogP contribution in [0.4, 0.5) is 4.39 Å². The maximum Gasteiger partial charge on any atom is 0.251 e. The maximum absolute atomic E-state index is 12.9. The number of nitrogens with zero attached hydrogens (tertiary/aromatic N) is 1. The Morgan fingerprint density at radius 1 is 1.19 bits per heavy atom. The van der Waals surface area contributed by atoms with Crippen molar-refractivity contribution >= 4 is 0 Å². The SMILES string of the molecule is O=c1cc(C2CCNCC2)nc(Cc2ccc(F)cc2)[nH]1. The Bertz CT molecular complexity index is 660. The van der Waals surface area contributed by atoms with Crippen LogP contribution >= 0.6 is 0 Å². The first-order valence-electron chi connectivity index (χ1n) is 7.26. The minimum Gasteiger partial charge on any atom is -0.317 e. The van der Waals surface area contributed by atoms with E-state index in [9.17, 15) is 9.18 Å². The fourth-order valence-corrected chi connectivity index (χ4v) is 2.73. The van der Waals surface area contributed by atoms with E-state index in [-0.39, 0.29) is 11.4 Å². The van der Waals surface area contributed by atoms with Gasteiger partial charge in [0.1, 0.15) is 11.6 Å². The zero-order valence-electron chi connectivity index (χ0n) is 11.7. The van der Waals surface area contributed by atoms with Crippen molar-refractivity contribution in [2.24, 2.45) is 0 Å². The first-order chi connectivity index (χ1) is 10.2. The molecule has 0 unspecified atom stereocenters. The van der Waals surface area contributed by atoms with Crippen molar-refractivity contribution < 1.29 is 4.39 Å². The molecule has 0 aliphatic carbocycles. The maximum atomic E-state index is 12.9. The first-order valence-corrected chi connectivity index (χ1v) is 7.26. The molecule has 0 amide bonds. The van der Waals surface area contributed by atoms with Gasteiger partial charge in [-0.2, -0.15) is 0 Å². The molecule has 1 aromatic carbocycles. The van der Waals surface area contributed by atoms with Crippen LogP contribution in [0.15, 0.2) is 35.1 Å². The monoisotopic (exact) mass is 287 g/mol. The minimum atomic E-state index is -0.261. The lowest BCUT2D eigenvalue weighted by atomic mass is 9.94. The summed E-state index contributed by atoms with van der Waals surface area (Å²) in [6, 6.07) is 7.87. The molecule has 0 saturated carbocycles. The average molecular weight is 287 g/mol. The number of aromatic amines is 1. The van der Waals surface area contributed by atoms with E-state index < -0.39 is 0 Å². The average Bonchev–Trinajstić information content (AvgIpc) is 2.50. The summed E-state index contributed by atoms with van der Waals surface area (Å²) in [5, 5.41) is 3.31. The zero-order chi connectivity index (χ0) is 14.7. The summed E-state index contributed by atoms with van der Waals surface area (Å²) < 4.78 is 12.9. The van der Waals surface area contributed by atoms with Gasteiger partial charge in [0.2, 0.25) is 0 Å². The molecule has 4 nitrogen and oxygen atoms in total. The third-order valence-electron chi connectivity index (χ3n) is 3.85. The Morgan fingerprint density at radius 3 is 2.62 bits per heavy atom. The molecular weight excluding hydrogens is 269 g/mol. The highest BCUT2D eigenvalue weighted by molar-refractivity contribution is 5.21. The summed E-state index contributed by atoms with van der Waals surface area (Å²) in [5.41, 5.74) is 1.69. The standard InChI is InChI=1S/C16H18FN3O/c17-13-3-1-11(2-4-13)9-15-19-14(10-16(21)20-15)12-5-7-18-8-6-12/h1-4,10,12,18H,5-9H2,(H,19,20,21). The topological polar surface area (TPSA) is 57.8 Å². The highest BCUT2D eigenvalue weighted by Crippen LogP contribution is 2.22. The number of nitrogens with one attached hydrogen (secondary N) is 2. The van der Waals surface area contributed by atoms with Gasteiger partial charge in [-0.05, 0) is 43.6 Å². The number of benzene rings is 1. The van der Waals surface area contributed by atoms with Crippen LogP contribution < -0.4 is 10.9 Å². The Labute approximate surface area is 122 Å². The molecule has 0 bridgehead atoms. The fraction of sp³-hybridized carbons (Fsp3) is 0.375. The Balaban J connectivity index is 1.83. The molecule has 1 fully saturated rings. The van der Waals surface area contributed by atoms with E-state index in [4.69, 9.17) is 0 Å². The van der Waals surface area contributed by atoms with E-state index in [1.807, 2.05) is 0 Å². The van der Waals surface area contributed by atoms with E-state index in [1.165, 1.54) is 12.1 Å². The van der Waals surface area contributed by atoms with E-state index in [1.54, 1.807) is 18.2 Å². The number of hydrogen-bond donors (Lipinski definition) is 2. The van der Waals surface area contributed by atoms with Gasteiger partial charge in [-0.15, -0.1) is 0 Å². The van der Waals surface area contributed by atoms with Crippen molar-refractivity contribution in [1.29, 1.82) is 0 Å². The number of aromatic nitrogens is 2. The van der Waals surface area contributed by atoms with Gasteiger partial charge >= 0.3 is 0 Å². The molecule has 1 aliphatic heterocycles. The zero-order valence-corrected chi connectivity index (χ0v) is 11.7. The third-order valence-corrected chi connectivity index (χ3v) is 3.85. The Morgan fingerprint density at radius 2 is 1.90 bits per heavy atom. The summed E-state index contributed by atoms with van der Waals surface area (Å²) in [5.74, 6) is 0.729. The molecule has 21 heavy (non-hydrogen) atoms. The van der Waals surface area contributed by atoms with Gasteiger partial charge in [0, 0.05) is 18.4 Å². The highest BCUT2D eigenvalue weighted by Gasteiger charge is 2.17. The van der Waals surface area contributed by atoms with Crippen molar-refractivity contribution in [2.45, 2.75) is 25.2 Å². The molecular formula is C16H18FN3O. The summed E-state index contributed by atoms with van der Waals surface area (Å²) in [6.07, 6.45) is 2.52. The largest absolute Gasteiger partial charge is 0.317 e. The third kappa shape index (κ3) is 3.55. The second kappa shape index (κ2) is 6.18. The van der Waals surface area contributed by atoms with Crippen LogP contribution in [0.3, 0.4) is 0 Å². The molecule has 3 rings (SSSR count). The van der Waals surface area contributed by atoms with Gasteiger partial charge in [0.05, 0.1) is 5.69 Å². The number of halogens is 1. The van der Waals surface area contributed by atoms with Gasteiger partial charge in [-0.3, -0.25) is 4.79 Å². The van der Waals surface area contributed by atoms with Gasteiger partial charge in [0.25, 0.3) is 5.56 Å². The Kier molecular flexibility index (Phi) is 4.10. The van der Waals surface area contributed by atoms with Gasteiger partial charge in [-0.25, -0.2) is 9.37 Å². The fourth-order valence-electron chi connectivity index (χ4n) is 2.73. The lowest BCUT2D eigenvalue weighted by molar-refractivity contribution is 0.451. The highest BCUT2D eigenvalue weighted by atomic mass is 19.1. The van der Waals surface area contributed by atoms with E-state index in [0.717, 1.165) is 37.2 Å². The van der Waals surface area contributed by atoms with E-state index in [0.29, 0.717) is 18.2 Å². The van der Waals surface area contributed by atoms with Crippen LogP contribution in [0.25, 0.3) is 0 Å².